The molecule has 2 aromatic carbocycles. The van der Waals surface area contributed by atoms with Crippen LogP contribution in [-0.2, 0) is 27.5 Å². The molecule has 0 amide bonds. The monoisotopic (exact) mass is 409 g/mol. The fourth-order valence-corrected chi connectivity index (χ4v) is 5.97. The highest BCUT2D eigenvalue weighted by Gasteiger charge is 2.42. The number of hydrogen-bond donors (Lipinski definition) is 2. The van der Waals surface area contributed by atoms with Crippen LogP contribution >= 0.6 is 0 Å². The molecule has 1 saturated heterocycles. The van der Waals surface area contributed by atoms with Crippen molar-refractivity contribution < 1.29 is 27.1 Å². The molecule has 0 aliphatic carbocycles. The average molecular weight is 409 g/mol. The van der Waals surface area contributed by atoms with Gasteiger partial charge in [0.2, 0.25) is 0 Å². The summed E-state index contributed by atoms with van der Waals surface area (Å²) >= 11 is 0. The van der Waals surface area contributed by atoms with E-state index in [-0.39, 0.29) is 24.1 Å². The molecule has 3 rings (SSSR count). The molecule has 1 fully saturated rings. The molecule has 1 aliphatic heterocycles. The van der Waals surface area contributed by atoms with Crippen molar-refractivity contribution in [1.82, 2.24) is 5.32 Å². The summed E-state index contributed by atoms with van der Waals surface area (Å²) < 4.78 is 55.0. The zero-order chi connectivity index (χ0) is 20.5. The Morgan fingerprint density at radius 2 is 1.75 bits per heavy atom. The van der Waals surface area contributed by atoms with E-state index < -0.39 is 50.4 Å². The van der Waals surface area contributed by atoms with Crippen molar-refractivity contribution in [2.75, 3.05) is 6.54 Å². The standard InChI is InChI=1S/C20H21F2NO4S/c1-12-18(9-14-7-17(22)15(8-16(14)21)10-20(24)25)28(26,27)19(11-23-12)13-5-3-2-4-6-13/h2-8,12,18-19,23H,9-11H2,1H3,(H,24,25)/t12-,18?,19-/m0/s1. The predicted octanol–water partition coefficient (Wildman–Crippen LogP) is 2.65. The van der Waals surface area contributed by atoms with Crippen LogP contribution in [0.1, 0.15) is 28.9 Å². The number of rotatable bonds is 5. The van der Waals surface area contributed by atoms with Gasteiger partial charge in [0.25, 0.3) is 0 Å². The Bertz CT molecular complexity index is 979. The lowest BCUT2D eigenvalue weighted by Gasteiger charge is -2.35. The molecule has 8 heteroatoms. The van der Waals surface area contributed by atoms with E-state index in [4.69, 9.17) is 5.11 Å². The van der Waals surface area contributed by atoms with E-state index in [0.29, 0.717) is 5.56 Å². The Morgan fingerprint density at radius 1 is 1.14 bits per heavy atom. The van der Waals surface area contributed by atoms with Crippen LogP contribution in [0.5, 0.6) is 0 Å². The van der Waals surface area contributed by atoms with Crippen LogP contribution in [0.3, 0.4) is 0 Å². The number of carboxylic acids is 1. The molecule has 0 saturated carbocycles. The molecule has 28 heavy (non-hydrogen) atoms. The number of carboxylic acid groups (broad SMARTS) is 1. The normalized spacial score (nSPS) is 24.0. The third kappa shape index (κ3) is 4.07. The molecule has 0 spiro atoms. The summed E-state index contributed by atoms with van der Waals surface area (Å²) in [5.74, 6) is -2.93. The van der Waals surface area contributed by atoms with Crippen molar-refractivity contribution in [2.45, 2.75) is 36.3 Å². The molecule has 1 heterocycles. The molecule has 1 aliphatic rings. The van der Waals surface area contributed by atoms with E-state index in [1.165, 1.54) is 0 Å². The van der Waals surface area contributed by atoms with E-state index in [2.05, 4.69) is 5.32 Å². The molecule has 0 bridgehead atoms. The maximum Gasteiger partial charge on any atom is 0.307 e. The van der Waals surface area contributed by atoms with Crippen LogP contribution in [0.15, 0.2) is 42.5 Å². The van der Waals surface area contributed by atoms with E-state index in [1.54, 1.807) is 37.3 Å². The first kappa shape index (κ1) is 20.4. The van der Waals surface area contributed by atoms with Crippen molar-refractivity contribution in [3.05, 3.63) is 70.8 Å². The Hall–Kier alpha value is -2.32. The molecule has 5 nitrogen and oxygen atoms in total. The minimum absolute atomic E-state index is 0.0809. The number of aliphatic carboxylic acids is 1. The lowest BCUT2D eigenvalue weighted by atomic mass is 10.0. The van der Waals surface area contributed by atoms with Crippen LogP contribution in [0.25, 0.3) is 0 Å². The smallest absolute Gasteiger partial charge is 0.307 e. The second kappa shape index (κ2) is 7.97. The minimum atomic E-state index is -3.67. The van der Waals surface area contributed by atoms with Crippen LogP contribution in [0.2, 0.25) is 0 Å². The summed E-state index contributed by atoms with van der Waals surface area (Å²) in [6.45, 7) is 1.95. The molecular formula is C20H21F2NO4S. The first-order valence-electron chi connectivity index (χ1n) is 8.89. The van der Waals surface area contributed by atoms with Crippen LogP contribution in [-0.4, -0.2) is 37.3 Å². The Balaban J connectivity index is 1.92. The predicted molar refractivity (Wildman–Crippen MR) is 101 cm³/mol. The highest BCUT2D eigenvalue weighted by molar-refractivity contribution is 7.92. The van der Waals surface area contributed by atoms with Gasteiger partial charge in [0.1, 0.15) is 11.6 Å². The van der Waals surface area contributed by atoms with Gasteiger partial charge in [0.05, 0.1) is 16.9 Å². The van der Waals surface area contributed by atoms with Crippen LogP contribution < -0.4 is 5.32 Å². The van der Waals surface area contributed by atoms with Crippen molar-refractivity contribution in [1.29, 1.82) is 0 Å². The highest BCUT2D eigenvalue weighted by atomic mass is 32.2. The first-order chi connectivity index (χ1) is 13.2. The van der Waals surface area contributed by atoms with Gasteiger partial charge in [-0.15, -0.1) is 0 Å². The molecule has 0 aromatic heterocycles. The number of benzene rings is 2. The van der Waals surface area contributed by atoms with Gasteiger partial charge in [0.15, 0.2) is 9.84 Å². The van der Waals surface area contributed by atoms with Gasteiger partial charge in [-0.2, -0.15) is 0 Å². The third-order valence-corrected chi connectivity index (χ3v) is 7.80. The van der Waals surface area contributed by atoms with Crippen LogP contribution in [0, 0.1) is 11.6 Å². The molecule has 2 aromatic rings. The number of nitrogens with one attached hydrogen (secondary N) is 1. The molecule has 1 unspecified atom stereocenters. The Morgan fingerprint density at radius 3 is 2.39 bits per heavy atom. The van der Waals surface area contributed by atoms with Gasteiger partial charge < -0.3 is 10.4 Å². The minimum Gasteiger partial charge on any atom is -0.481 e. The average Bonchev–Trinajstić information content (AvgIpc) is 2.62. The largest absolute Gasteiger partial charge is 0.481 e. The third-order valence-electron chi connectivity index (χ3n) is 5.15. The molecule has 0 radical (unpaired) electrons. The molecule has 2 N–H and O–H groups in total. The second-order valence-corrected chi connectivity index (χ2v) is 9.39. The van der Waals surface area contributed by atoms with Crippen LogP contribution in [0.4, 0.5) is 8.78 Å². The van der Waals surface area contributed by atoms with Gasteiger partial charge in [0, 0.05) is 18.2 Å². The van der Waals surface area contributed by atoms with Crippen molar-refractivity contribution in [3.63, 3.8) is 0 Å². The summed E-state index contributed by atoms with van der Waals surface area (Å²) in [5.41, 5.74) is 0.298. The second-order valence-electron chi connectivity index (χ2n) is 7.03. The number of sulfone groups is 1. The number of hydrogen-bond acceptors (Lipinski definition) is 4. The first-order valence-corrected chi connectivity index (χ1v) is 10.5. The van der Waals surface area contributed by atoms with Gasteiger partial charge in [-0.3, -0.25) is 4.79 Å². The number of halogens is 2. The SMILES string of the molecule is C[C@@H]1NC[C@@H](c2ccccc2)S(=O)(=O)C1Cc1cc(F)c(CC(=O)O)cc1F. The highest BCUT2D eigenvalue weighted by Crippen LogP contribution is 2.33. The summed E-state index contributed by atoms with van der Waals surface area (Å²) in [5, 5.41) is 10.2. The fourth-order valence-electron chi connectivity index (χ4n) is 3.60. The van der Waals surface area contributed by atoms with Gasteiger partial charge in [-0.25, -0.2) is 17.2 Å². The lowest BCUT2D eigenvalue weighted by molar-refractivity contribution is -0.136. The van der Waals surface area contributed by atoms with Gasteiger partial charge in [-0.1, -0.05) is 30.3 Å². The van der Waals surface area contributed by atoms with E-state index in [1.807, 2.05) is 0 Å². The van der Waals surface area contributed by atoms with Crippen molar-refractivity contribution >= 4 is 15.8 Å². The molecule has 150 valence electrons. The maximum absolute atomic E-state index is 14.5. The van der Waals surface area contributed by atoms with Crippen molar-refractivity contribution in [3.8, 4) is 0 Å². The zero-order valence-corrected chi connectivity index (χ0v) is 16.0. The van der Waals surface area contributed by atoms with Gasteiger partial charge >= 0.3 is 5.97 Å². The van der Waals surface area contributed by atoms with Crippen molar-refractivity contribution in [2.24, 2.45) is 0 Å². The van der Waals surface area contributed by atoms with Gasteiger partial charge in [-0.05, 0) is 36.6 Å². The Labute approximate surface area is 162 Å². The summed E-state index contributed by atoms with van der Waals surface area (Å²) in [6.07, 6.45) is -0.839. The van der Waals surface area contributed by atoms with E-state index >= 15 is 0 Å². The molecular weight excluding hydrogens is 388 g/mol. The summed E-state index contributed by atoms with van der Waals surface area (Å²) in [7, 11) is -3.67. The molecule has 3 atom stereocenters. The topological polar surface area (TPSA) is 83.5 Å². The quantitative estimate of drug-likeness (QED) is 0.793. The Kier molecular flexibility index (Phi) is 5.81. The maximum atomic E-state index is 14.5. The number of carbonyl (C=O) groups is 1. The van der Waals surface area contributed by atoms with E-state index in [9.17, 15) is 22.0 Å². The zero-order valence-electron chi connectivity index (χ0n) is 15.2. The fraction of sp³-hybridized carbons (Fsp3) is 0.350. The van der Waals surface area contributed by atoms with E-state index in [0.717, 1.165) is 12.1 Å². The summed E-state index contributed by atoms with van der Waals surface area (Å²) in [6, 6.07) is 10.1. The summed E-state index contributed by atoms with van der Waals surface area (Å²) in [4.78, 5) is 10.8. The lowest BCUT2D eigenvalue weighted by Crippen LogP contribution is -2.53.